The number of thioether (sulfide) groups is 1. The van der Waals surface area contributed by atoms with Gasteiger partial charge in [0.15, 0.2) is 5.55 Å². The Morgan fingerprint density at radius 2 is 2.86 bits per heavy atom. The summed E-state index contributed by atoms with van der Waals surface area (Å²) >= 11 is 3.21. The molecule has 0 aromatic heterocycles. The third-order valence-electron chi connectivity index (χ3n) is 0.603. The maximum atomic E-state index is 3.86. The lowest BCUT2D eigenvalue weighted by Crippen LogP contribution is -1.98. The molecule has 0 spiro atoms. The second kappa shape index (κ2) is 2.47. The number of rotatable bonds is 1. The van der Waals surface area contributed by atoms with Crippen molar-refractivity contribution in [2.75, 3.05) is 12.1 Å². The van der Waals surface area contributed by atoms with Crippen LogP contribution in [0.4, 0.5) is 0 Å². The number of nitrogens with zero attached hydrogens (tertiary/aromatic N) is 2. The first-order valence-corrected chi connectivity index (χ1v) is 3.99. The van der Waals surface area contributed by atoms with Crippen LogP contribution in [0.3, 0.4) is 0 Å². The van der Waals surface area contributed by atoms with E-state index in [1.54, 1.807) is 23.7 Å². The summed E-state index contributed by atoms with van der Waals surface area (Å²) in [6.07, 6.45) is 2.00. The van der Waals surface area contributed by atoms with Crippen LogP contribution in [0.25, 0.3) is 0 Å². The van der Waals surface area contributed by atoms with E-state index in [2.05, 4.69) is 10.6 Å². The molecular formula is C3H5N2S2. The van der Waals surface area contributed by atoms with Gasteiger partial charge in [0.2, 0.25) is 0 Å². The molecule has 1 heterocycles. The van der Waals surface area contributed by atoms with Crippen LogP contribution in [-0.2, 0) is 0 Å². The summed E-state index contributed by atoms with van der Waals surface area (Å²) in [7, 11) is 0. The van der Waals surface area contributed by atoms with Gasteiger partial charge in [-0.15, -0.1) is 0 Å². The highest BCUT2D eigenvalue weighted by Gasteiger charge is 2.02. The van der Waals surface area contributed by atoms with Crippen LogP contribution >= 0.6 is 23.7 Å². The van der Waals surface area contributed by atoms with Gasteiger partial charge in [-0.1, -0.05) is 11.8 Å². The molecule has 0 amide bonds. The number of hydrogen-bond acceptors (Lipinski definition) is 4. The van der Waals surface area contributed by atoms with Crippen molar-refractivity contribution in [1.82, 2.24) is 4.41 Å². The van der Waals surface area contributed by atoms with Crippen molar-refractivity contribution in [2.24, 2.45) is 5.10 Å². The molecule has 7 heavy (non-hydrogen) atoms. The van der Waals surface area contributed by atoms with E-state index in [4.69, 9.17) is 0 Å². The number of hydrazone groups is 1. The quantitative estimate of drug-likeness (QED) is 0.498. The Hall–Kier alpha value is 0.170. The van der Waals surface area contributed by atoms with E-state index < -0.39 is 0 Å². The SMILES string of the molecule is CSN1CS[C]=N1. The van der Waals surface area contributed by atoms with Gasteiger partial charge in [0.05, 0.1) is 5.88 Å². The van der Waals surface area contributed by atoms with Crippen LogP contribution in [0.15, 0.2) is 5.10 Å². The average molecular weight is 133 g/mol. The molecule has 1 aliphatic rings. The van der Waals surface area contributed by atoms with Gasteiger partial charge in [-0.05, 0) is 11.9 Å². The Kier molecular flexibility index (Phi) is 1.87. The van der Waals surface area contributed by atoms with Crippen molar-refractivity contribution < 1.29 is 0 Å². The first kappa shape index (κ1) is 5.31. The normalized spacial score (nSPS) is 18.7. The largest absolute Gasteiger partial charge is 0.228 e. The Morgan fingerprint density at radius 1 is 2.00 bits per heavy atom. The molecule has 0 saturated heterocycles. The zero-order chi connectivity index (χ0) is 5.11. The lowest BCUT2D eigenvalue weighted by Gasteiger charge is -2.04. The van der Waals surface area contributed by atoms with Crippen LogP contribution in [0.5, 0.6) is 0 Å². The van der Waals surface area contributed by atoms with Crippen LogP contribution in [-0.4, -0.2) is 22.1 Å². The summed E-state index contributed by atoms with van der Waals surface area (Å²) in [5, 5.41) is 3.86. The van der Waals surface area contributed by atoms with E-state index in [9.17, 15) is 0 Å². The molecule has 0 aromatic rings. The van der Waals surface area contributed by atoms with Gasteiger partial charge in [-0.25, -0.2) is 4.41 Å². The lowest BCUT2D eigenvalue weighted by atomic mass is 11.5. The summed E-state index contributed by atoms with van der Waals surface area (Å²) in [5.74, 6) is 0.946. The Labute approximate surface area is 51.5 Å². The molecule has 39 valence electrons. The summed E-state index contributed by atoms with van der Waals surface area (Å²) in [6.45, 7) is 0. The Morgan fingerprint density at radius 3 is 3.14 bits per heavy atom. The summed E-state index contributed by atoms with van der Waals surface area (Å²) < 4.78 is 1.88. The predicted molar refractivity (Wildman–Crippen MR) is 35.2 cm³/mol. The van der Waals surface area contributed by atoms with Crippen molar-refractivity contribution in [3.63, 3.8) is 0 Å². The molecule has 2 nitrogen and oxygen atoms in total. The standard InChI is InChI=1S/C3H5N2S2/c1-6-5-3-7-2-4-5/h3H2,1H3. The molecule has 0 N–H and O–H groups in total. The molecule has 0 bridgehead atoms. The van der Waals surface area contributed by atoms with Crippen molar-refractivity contribution in [3.8, 4) is 0 Å². The molecule has 0 unspecified atom stereocenters. The smallest absolute Gasteiger partial charge is 0.153 e. The predicted octanol–water partition coefficient (Wildman–Crippen LogP) is 1.09. The van der Waals surface area contributed by atoms with E-state index in [0.29, 0.717) is 0 Å². The molecule has 0 aromatic carbocycles. The van der Waals surface area contributed by atoms with Gasteiger partial charge >= 0.3 is 0 Å². The Bertz CT molecular complexity index is 83.0. The minimum Gasteiger partial charge on any atom is -0.228 e. The van der Waals surface area contributed by atoms with Crippen LogP contribution in [0.1, 0.15) is 0 Å². The third kappa shape index (κ3) is 1.28. The molecule has 0 saturated carbocycles. The summed E-state index contributed by atoms with van der Waals surface area (Å²) in [6, 6.07) is 0. The minimum atomic E-state index is 0.946. The average Bonchev–Trinajstić information content (AvgIpc) is 2.14. The minimum absolute atomic E-state index is 0.946. The summed E-state index contributed by atoms with van der Waals surface area (Å²) in [4.78, 5) is 0. The topological polar surface area (TPSA) is 15.6 Å². The first-order valence-electron chi connectivity index (χ1n) is 1.82. The van der Waals surface area contributed by atoms with E-state index in [1.807, 2.05) is 10.7 Å². The fourth-order valence-corrected chi connectivity index (χ4v) is 1.42. The molecule has 0 atom stereocenters. The van der Waals surface area contributed by atoms with Crippen molar-refractivity contribution in [2.45, 2.75) is 0 Å². The zero-order valence-corrected chi connectivity index (χ0v) is 5.55. The first-order chi connectivity index (χ1) is 3.43. The molecule has 4 heteroatoms. The lowest BCUT2D eigenvalue weighted by molar-refractivity contribution is 0.611. The van der Waals surface area contributed by atoms with Gasteiger partial charge in [0, 0.05) is 6.26 Å². The van der Waals surface area contributed by atoms with Gasteiger partial charge in [-0.2, -0.15) is 5.10 Å². The highest BCUT2D eigenvalue weighted by molar-refractivity contribution is 8.13. The van der Waals surface area contributed by atoms with Crippen LogP contribution in [0, 0.1) is 0 Å². The Balaban J connectivity index is 2.28. The molecule has 0 aliphatic carbocycles. The third-order valence-corrected chi connectivity index (χ3v) is 1.98. The molecule has 1 rings (SSSR count). The second-order valence-electron chi connectivity index (χ2n) is 0.999. The summed E-state index contributed by atoms with van der Waals surface area (Å²) in [5.41, 5.74) is 2.77. The molecule has 0 fully saturated rings. The highest BCUT2D eigenvalue weighted by Crippen LogP contribution is 2.16. The van der Waals surface area contributed by atoms with Gasteiger partial charge < -0.3 is 0 Å². The van der Waals surface area contributed by atoms with Crippen LogP contribution < -0.4 is 0 Å². The molecule has 1 radical (unpaired) electrons. The van der Waals surface area contributed by atoms with E-state index >= 15 is 0 Å². The van der Waals surface area contributed by atoms with Crippen molar-refractivity contribution >= 4 is 29.3 Å². The molecular weight excluding hydrogens is 128 g/mol. The maximum absolute atomic E-state index is 3.86. The van der Waals surface area contributed by atoms with E-state index in [0.717, 1.165) is 5.88 Å². The fourth-order valence-electron chi connectivity index (χ4n) is 0.281. The number of hydrogen-bond donors (Lipinski definition) is 0. The van der Waals surface area contributed by atoms with Gasteiger partial charge in [0.1, 0.15) is 0 Å². The van der Waals surface area contributed by atoms with E-state index in [-0.39, 0.29) is 0 Å². The van der Waals surface area contributed by atoms with Crippen molar-refractivity contribution in [3.05, 3.63) is 0 Å². The van der Waals surface area contributed by atoms with Crippen LogP contribution in [0.2, 0.25) is 0 Å². The maximum Gasteiger partial charge on any atom is 0.153 e. The highest BCUT2D eigenvalue weighted by atomic mass is 32.2. The fraction of sp³-hybridized carbons (Fsp3) is 0.667. The zero-order valence-electron chi connectivity index (χ0n) is 3.92. The molecule has 1 aliphatic heterocycles. The second-order valence-corrected chi connectivity index (χ2v) is 2.52. The monoisotopic (exact) mass is 133 g/mol. The van der Waals surface area contributed by atoms with E-state index in [1.165, 1.54) is 0 Å². The van der Waals surface area contributed by atoms with Crippen molar-refractivity contribution in [1.29, 1.82) is 0 Å². The van der Waals surface area contributed by atoms with Gasteiger partial charge in [0.25, 0.3) is 0 Å². The van der Waals surface area contributed by atoms with Gasteiger partial charge in [-0.3, -0.25) is 0 Å².